The number of fused-ring (bicyclic) bond motifs is 3. The second-order valence-corrected chi connectivity index (χ2v) is 10.0. The molecule has 31 heavy (non-hydrogen) atoms. The largest absolute Gasteiger partial charge is 0.347 e. The molecule has 1 aliphatic carbocycles. The van der Waals surface area contributed by atoms with E-state index in [0.29, 0.717) is 29.8 Å². The first-order valence-electron chi connectivity index (χ1n) is 12.2. The van der Waals surface area contributed by atoms with Gasteiger partial charge in [0.15, 0.2) is 0 Å². The van der Waals surface area contributed by atoms with E-state index in [9.17, 15) is 4.79 Å². The highest BCUT2D eigenvalue weighted by molar-refractivity contribution is 5.85. The van der Waals surface area contributed by atoms with Gasteiger partial charge in [-0.1, -0.05) is 25.3 Å². The first-order chi connectivity index (χ1) is 15.3. The SMILES string of the molecule is O=C(CC1CCCCC1)N1C2CCC1C(Cn1ccc3cc(-c4cn[nH]c4)ccc31)C2. The van der Waals surface area contributed by atoms with Crippen LogP contribution in [0.3, 0.4) is 0 Å². The van der Waals surface area contributed by atoms with Crippen LogP contribution >= 0.6 is 0 Å². The highest BCUT2D eigenvalue weighted by atomic mass is 16.2. The molecule has 3 aromatic rings. The summed E-state index contributed by atoms with van der Waals surface area (Å²) in [5.41, 5.74) is 3.60. The Bertz CT molecular complexity index is 1060. The number of rotatable bonds is 5. The van der Waals surface area contributed by atoms with Crippen molar-refractivity contribution in [2.24, 2.45) is 11.8 Å². The number of hydrogen-bond donors (Lipinski definition) is 1. The zero-order chi connectivity index (χ0) is 20.8. The number of aromatic nitrogens is 3. The fourth-order valence-corrected chi connectivity index (χ4v) is 6.64. The number of carbonyl (C=O) groups excluding carboxylic acids is 1. The summed E-state index contributed by atoms with van der Waals surface area (Å²) in [5, 5.41) is 8.24. The fraction of sp³-hybridized carbons (Fsp3) is 0.538. The molecule has 6 rings (SSSR count). The molecule has 0 spiro atoms. The van der Waals surface area contributed by atoms with Crippen LogP contribution in [-0.2, 0) is 11.3 Å². The molecular weight excluding hydrogens is 384 g/mol. The number of nitrogens with zero attached hydrogens (tertiary/aromatic N) is 3. The van der Waals surface area contributed by atoms with E-state index >= 15 is 0 Å². The molecule has 2 saturated heterocycles. The van der Waals surface area contributed by atoms with Gasteiger partial charge in [-0.15, -0.1) is 0 Å². The predicted molar refractivity (Wildman–Crippen MR) is 122 cm³/mol. The molecular formula is C26H32N4O. The molecule has 3 aliphatic rings. The number of benzene rings is 1. The molecule has 5 heteroatoms. The van der Waals surface area contributed by atoms with Crippen LogP contribution in [0.15, 0.2) is 42.9 Å². The Hall–Kier alpha value is -2.56. The van der Waals surface area contributed by atoms with Gasteiger partial charge in [0.1, 0.15) is 0 Å². The van der Waals surface area contributed by atoms with E-state index in [1.165, 1.54) is 67.8 Å². The fourth-order valence-electron chi connectivity index (χ4n) is 6.64. The second-order valence-electron chi connectivity index (χ2n) is 10.0. The van der Waals surface area contributed by atoms with Gasteiger partial charge in [-0.05, 0) is 67.7 Å². The third-order valence-electron chi connectivity index (χ3n) is 8.18. The van der Waals surface area contributed by atoms with Crippen LogP contribution in [0.25, 0.3) is 22.0 Å². The summed E-state index contributed by atoms with van der Waals surface area (Å²) in [7, 11) is 0. The van der Waals surface area contributed by atoms with Crippen molar-refractivity contribution in [3.8, 4) is 11.1 Å². The minimum Gasteiger partial charge on any atom is -0.347 e. The van der Waals surface area contributed by atoms with Gasteiger partial charge in [-0.3, -0.25) is 9.89 Å². The van der Waals surface area contributed by atoms with Crippen LogP contribution in [0.4, 0.5) is 0 Å². The molecule has 1 saturated carbocycles. The van der Waals surface area contributed by atoms with Crippen LogP contribution in [0.5, 0.6) is 0 Å². The smallest absolute Gasteiger partial charge is 0.223 e. The minimum absolute atomic E-state index is 0.448. The molecule has 5 nitrogen and oxygen atoms in total. The van der Waals surface area contributed by atoms with E-state index < -0.39 is 0 Å². The highest BCUT2D eigenvalue weighted by Crippen LogP contribution is 2.44. The van der Waals surface area contributed by atoms with Crippen LogP contribution in [0.2, 0.25) is 0 Å². The summed E-state index contributed by atoms with van der Waals surface area (Å²) in [6, 6.07) is 9.82. The Balaban J connectivity index is 1.17. The van der Waals surface area contributed by atoms with Gasteiger partial charge in [0.25, 0.3) is 0 Å². The number of hydrogen-bond acceptors (Lipinski definition) is 2. The Morgan fingerprint density at radius 1 is 1.06 bits per heavy atom. The van der Waals surface area contributed by atoms with E-state index in [1.54, 1.807) is 0 Å². The number of H-pyrrole nitrogens is 1. The zero-order valence-corrected chi connectivity index (χ0v) is 18.2. The summed E-state index contributed by atoms with van der Waals surface area (Å²) in [5.74, 6) is 1.67. The van der Waals surface area contributed by atoms with Gasteiger partial charge >= 0.3 is 0 Å². The van der Waals surface area contributed by atoms with Gasteiger partial charge in [0.05, 0.1) is 6.20 Å². The number of amides is 1. The normalized spacial score (nSPS) is 26.2. The monoisotopic (exact) mass is 416 g/mol. The van der Waals surface area contributed by atoms with Crippen molar-refractivity contribution in [1.82, 2.24) is 19.7 Å². The average molecular weight is 417 g/mol. The molecule has 1 N–H and O–H groups in total. The summed E-state index contributed by atoms with van der Waals surface area (Å²) >= 11 is 0. The molecule has 1 amide bonds. The maximum absolute atomic E-state index is 13.2. The molecule has 162 valence electrons. The topological polar surface area (TPSA) is 53.9 Å². The minimum atomic E-state index is 0.448. The Morgan fingerprint density at radius 2 is 1.97 bits per heavy atom. The molecule has 1 aromatic carbocycles. The summed E-state index contributed by atoms with van der Waals surface area (Å²) < 4.78 is 2.41. The number of nitrogens with one attached hydrogen (secondary N) is 1. The lowest BCUT2D eigenvalue weighted by molar-refractivity contribution is -0.133. The zero-order valence-electron chi connectivity index (χ0n) is 18.2. The third-order valence-corrected chi connectivity index (χ3v) is 8.18. The summed E-state index contributed by atoms with van der Waals surface area (Å²) in [6.07, 6.45) is 16.9. The van der Waals surface area contributed by atoms with Gasteiger partial charge in [0, 0.05) is 53.9 Å². The van der Waals surface area contributed by atoms with Gasteiger partial charge < -0.3 is 9.47 Å². The van der Waals surface area contributed by atoms with Crippen LogP contribution in [0.1, 0.15) is 57.8 Å². The standard InChI is InChI=1S/C26H32N4O/c31-26(12-18-4-2-1-3-5-18)30-23-7-9-25(30)21(14-23)17-29-11-10-20-13-19(6-8-24(20)29)22-15-27-28-16-22/h6,8,10-11,13,15-16,18,21,23,25H,1-5,7,9,12,14,17H2,(H,27,28). The molecule has 3 fully saturated rings. The molecule has 3 unspecified atom stereocenters. The van der Waals surface area contributed by atoms with E-state index in [2.05, 4.69) is 50.1 Å². The molecule has 2 bridgehead atoms. The number of carbonyl (C=O) groups is 1. The predicted octanol–water partition coefficient (Wildman–Crippen LogP) is 5.38. The van der Waals surface area contributed by atoms with Crippen molar-refractivity contribution in [3.05, 3.63) is 42.9 Å². The lowest BCUT2D eigenvalue weighted by Crippen LogP contribution is -2.38. The van der Waals surface area contributed by atoms with Gasteiger partial charge in [-0.2, -0.15) is 5.10 Å². The van der Waals surface area contributed by atoms with Crippen LogP contribution in [0, 0.1) is 11.8 Å². The van der Waals surface area contributed by atoms with Gasteiger partial charge in [-0.25, -0.2) is 0 Å². The lowest BCUT2D eigenvalue weighted by Gasteiger charge is -2.28. The third kappa shape index (κ3) is 3.48. The molecule has 2 aromatic heterocycles. The first-order valence-corrected chi connectivity index (χ1v) is 12.2. The lowest BCUT2D eigenvalue weighted by atomic mass is 9.86. The summed E-state index contributed by atoms with van der Waals surface area (Å²) in [4.78, 5) is 15.5. The van der Waals surface area contributed by atoms with Crippen molar-refractivity contribution in [3.63, 3.8) is 0 Å². The highest BCUT2D eigenvalue weighted by Gasteiger charge is 2.48. The first kappa shape index (κ1) is 19.1. The Labute approximate surface area is 183 Å². The van der Waals surface area contributed by atoms with E-state index in [4.69, 9.17) is 0 Å². The Morgan fingerprint density at radius 3 is 2.81 bits per heavy atom. The van der Waals surface area contributed by atoms with Crippen LogP contribution in [-0.4, -0.2) is 37.7 Å². The van der Waals surface area contributed by atoms with Crippen molar-refractivity contribution in [1.29, 1.82) is 0 Å². The van der Waals surface area contributed by atoms with E-state index in [-0.39, 0.29) is 0 Å². The molecule has 3 atom stereocenters. The maximum Gasteiger partial charge on any atom is 0.223 e. The van der Waals surface area contributed by atoms with Gasteiger partial charge in [0.2, 0.25) is 5.91 Å². The van der Waals surface area contributed by atoms with Crippen molar-refractivity contribution >= 4 is 16.8 Å². The van der Waals surface area contributed by atoms with Crippen LogP contribution < -0.4 is 0 Å². The van der Waals surface area contributed by atoms with E-state index in [0.717, 1.165) is 18.5 Å². The number of aromatic amines is 1. The van der Waals surface area contributed by atoms with Crippen molar-refractivity contribution < 1.29 is 4.79 Å². The quantitative estimate of drug-likeness (QED) is 0.607. The molecule has 0 radical (unpaired) electrons. The average Bonchev–Trinajstić information content (AvgIpc) is 3.58. The molecule has 4 heterocycles. The maximum atomic E-state index is 13.2. The Kier molecular flexibility index (Phi) is 4.85. The second kappa shape index (κ2) is 7.85. The van der Waals surface area contributed by atoms with Crippen molar-refractivity contribution in [2.75, 3.05) is 0 Å². The summed E-state index contributed by atoms with van der Waals surface area (Å²) in [6.45, 7) is 1.02. The van der Waals surface area contributed by atoms with Crippen molar-refractivity contribution in [2.45, 2.75) is 76.4 Å². The molecule has 2 aliphatic heterocycles. The van der Waals surface area contributed by atoms with E-state index in [1.807, 2.05) is 12.4 Å².